The quantitative estimate of drug-likeness (QED) is 0.836. The summed E-state index contributed by atoms with van der Waals surface area (Å²) < 4.78 is 5.67. The lowest BCUT2D eigenvalue weighted by Crippen LogP contribution is -2.00. The van der Waals surface area contributed by atoms with Crippen LogP contribution in [0, 0.1) is 0 Å². The highest BCUT2D eigenvalue weighted by atomic mass is 35.5. The highest BCUT2D eigenvalue weighted by Gasteiger charge is 2.06. The van der Waals surface area contributed by atoms with Gasteiger partial charge in [-0.3, -0.25) is 0 Å². The van der Waals surface area contributed by atoms with Gasteiger partial charge in [0.2, 0.25) is 0 Å². The van der Waals surface area contributed by atoms with Crippen molar-refractivity contribution >= 4 is 11.6 Å². The molecular formula is C15H15ClO2. The molecule has 18 heavy (non-hydrogen) atoms. The van der Waals surface area contributed by atoms with Crippen molar-refractivity contribution in [2.75, 3.05) is 5.88 Å². The summed E-state index contributed by atoms with van der Waals surface area (Å²) in [6.45, 7) is 0.515. The van der Waals surface area contributed by atoms with E-state index in [1.165, 1.54) is 0 Å². The van der Waals surface area contributed by atoms with Crippen LogP contribution in [0.3, 0.4) is 0 Å². The molecule has 2 rings (SSSR count). The molecule has 0 aromatic heterocycles. The number of hydrogen-bond acceptors (Lipinski definition) is 2. The van der Waals surface area contributed by atoms with Gasteiger partial charge >= 0.3 is 0 Å². The molecule has 0 unspecified atom stereocenters. The van der Waals surface area contributed by atoms with Gasteiger partial charge in [-0.2, -0.15) is 0 Å². The molecule has 94 valence electrons. The standard InChI is InChI=1S/C15H15ClO2/c16-10-15(17)13-7-4-8-14(9-13)18-11-12-5-2-1-3-6-12/h1-9,15,17H,10-11H2/t15-/m0/s1. The topological polar surface area (TPSA) is 29.5 Å². The Bertz CT molecular complexity index is 485. The first-order valence-electron chi connectivity index (χ1n) is 5.80. The fraction of sp³-hybridized carbons (Fsp3) is 0.200. The van der Waals surface area contributed by atoms with Gasteiger partial charge in [-0.05, 0) is 23.3 Å². The Hall–Kier alpha value is -1.51. The maximum Gasteiger partial charge on any atom is 0.120 e. The van der Waals surface area contributed by atoms with Crippen LogP contribution >= 0.6 is 11.6 Å². The second kappa shape index (κ2) is 6.43. The summed E-state index contributed by atoms with van der Waals surface area (Å²) in [5.74, 6) is 0.919. The van der Waals surface area contributed by atoms with Crippen molar-refractivity contribution in [3.63, 3.8) is 0 Å². The number of aliphatic hydroxyl groups excluding tert-OH is 1. The molecule has 0 aliphatic rings. The van der Waals surface area contributed by atoms with Crippen LogP contribution in [0.5, 0.6) is 5.75 Å². The average molecular weight is 263 g/mol. The first-order chi connectivity index (χ1) is 8.79. The van der Waals surface area contributed by atoms with Crippen LogP contribution in [-0.2, 0) is 6.61 Å². The van der Waals surface area contributed by atoms with Crippen LogP contribution in [0.2, 0.25) is 0 Å². The minimum atomic E-state index is -0.646. The summed E-state index contributed by atoms with van der Waals surface area (Å²) in [5.41, 5.74) is 1.89. The molecule has 1 N–H and O–H groups in total. The van der Waals surface area contributed by atoms with Crippen molar-refractivity contribution in [2.45, 2.75) is 12.7 Å². The van der Waals surface area contributed by atoms with Crippen LogP contribution in [0.25, 0.3) is 0 Å². The number of rotatable bonds is 5. The van der Waals surface area contributed by atoms with E-state index in [-0.39, 0.29) is 5.88 Å². The number of aliphatic hydroxyl groups is 1. The lowest BCUT2D eigenvalue weighted by Gasteiger charge is -2.10. The lowest BCUT2D eigenvalue weighted by molar-refractivity contribution is 0.201. The third-order valence-corrected chi connectivity index (χ3v) is 2.93. The summed E-state index contributed by atoms with van der Waals surface area (Å²) in [5, 5.41) is 9.65. The number of benzene rings is 2. The van der Waals surface area contributed by atoms with Crippen molar-refractivity contribution in [1.29, 1.82) is 0 Å². The predicted molar refractivity (Wildman–Crippen MR) is 72.9 cm³/mol. The molecule has 0 aliphatic heterocycles. The second-order valence-electron chi connectivity index (χ2n) is 4.02. The highest BCUT2D eigenvalue weighted by Crippen LogP contribution is 2.20. The van der Waals surface area contributed by atoms with Gasteiger partial charge in [0.1, 0.15) is 12.4 Å². The summed E-state index contributed by atoms with van der Waals surface area (Å²) >= 11 is 5.62. The number of halogens is 1. The smallest absolute Gasteiger partial charge is 0.120 e. The van der Waals surface area contributed by atoms with Crippen molar-refractivity contribution in [3.05, 3.63) is 65.7 Å². The van der Waals surface area contributed by atoms with E-state index in [0.717, 1.165) is 16.9 Å². The zero-order chi connectivity index (χ0) is 12.8. The van der Waals surface area contributed by atoms with E-state index < -0.39 is 6.10 Å². The lowest BCUT2D eigenvalue weighted by atomic mass is 10.1. The van der Waals surface area contributed by atoms with Crippen LogP contribution in [0.15, 0.2) is 54.6 Å². The second-order valence-corrected chi connectivity index (χ2v) is 4.33. The number of hydrogen-bond donors (Lipinski definition) is 1. The van der Waals surface area contributed by atoms with Crippen LogP contribution in [0.1, 0.15) is 17.2 Å². The Morgan fingerprint density at radius 3 is 2.56 bits per heavy atom. The predicted octanol–water partition coefficient (Wildman–Crippen LogP) is 3.54. The number of ether oxygens (including phenoxy) is 1. The summed E-state index contributed by atoms with van der Waals surface area (Å²) in [4.78, 5) is 0. The molecule has 0 saturated carbocycles. The van der Waals surface area contributed by atoms with Crippen molar-refractivity contribution in [1.82, 2.24) is 0 Å². The first kappa shape index (κ1) is 12.9. The third kappa shape index (κ3) is 3.49. The van der Waals surface area contributed by atoms with Crippen molar-refractivity contribution in [2.24, 2.45) is 0 Å². The molecule has 0 heterocycles. The van der Waals surface area contributed by atoms with Crippen LogP contribution < -0.4 is 4.74 Å². The minimum absolute atomic E-state index is 0.183. The monoisotopic (exact) mass is 262 g/mol. The van der Waals surface area contributed by atoms with Gasteiger partial charge in [0, 0.05) is 0 Å². The summed E-state index contributed by atoms with van der Waals surface area (Å²) in [6, 6.07) is 17.3. The molecule has 2 nitrogen and oxygen atoms in total. The van der Waals surface area contributed by atoms with Crippen LogP contribution in [-0.4, -0.2) is 11.0 Å². The largest absolute Gasteiger partial charge is 0.489 e. The van der Waals surface area contributed by atoms with Gasteiger partial charge < -0.3 is 9.84 Å². The molecular weight excluding hydrogens is 248 g/mol. The summed E-state index contributed by atoms with van der Waals surface area (Å²) in [7, 11) is 0. The Labute approximate surface area is 112 Å². The molecule has 0 bridgehead atoms. The first-order valence-corrected chi connectivity index (χ1v) is 6.34. The Kier molecular flexibility index (Phi) is 4.62. The maximum absolute atomic E-state index is 9.65. The molecule has 1 atom stereocenters. The van der Waals surface area contributed by atoms with Crippen molar-refractivity contribution in [3.8, 4) is 5.75 Å². The minimum Gasteiger partial charge on any atom is -0.489 e. The molecule has 0 amide bonds. The zero-order valence-electron chi connectivity index (χ0n) is 9.92. The molecule has 0 fully saturated rings. The molecule has 0 saturated heterocycles. The highest BCUT2D eigenvalue weighted by molar-refractivity contribution is 6.18. The maximum atomic E-state index is 9.65. The van der Waals surface area contributed by atoms with E-state index in [1.54, 1.807) is 0 Å². The van der Waals surface area contributed by atoms with Gasteiger partial charge in [-0.1, -0.05) is 42.5 Å². The average Bonchev–Trinajstić information content (AvgIpc) is 2.45. The summed E-state index contributed by atoms with van der Waals surface area (Å²) in [6.07, 6.45) is -0.646. The Balaban J connectivity index is 2.01. The van der Waals surface area contributed by atoms with E-state index >= 15 is 0 Å². The van der Waals surface area contributed by atoms with Gasteiger partial charge in [0.15, 0.2) is 0 Å². The SMILES string of the molecule is O[C@@H](CCl)c1cccc(OCc2ccccc2)c1. The zero-order valence-corrected chi connectivity index (χ0v) is 10.7. The van der Waals surface area contributed by atoms with Gasteiger partial charge in [-0.15, -0.1) is 11.6 Å². The van der Waals surface area contributed by atoms with E-state index in [9.17, 15) is 5.11 Å². The fourth-order valence-corrected chi connectivity index (χ4v) is 1.82. The van der Waals surface area contributed by atoms with Gasteiger partial charge in [0.25, 0.3) is 0 Å². The molecule has 2 aromatic rings. The Morgan fingerprint density at radius 1 is 1.06 bits per heavy atom. The fourth-order valence-electron chi connectivity index (χ4n) is 1.64. The molecule has 2 aromatic carbocycles. The normalized spacial score (nSPS) is 12.1. The third-order valence-electron chi connectivity index (χ3n) is 2.64. The Morgan fingerprint density at radius 2 is 1.83 bits per heavy atom. The van der Waals surface area contributed by atoms with Crippen molar-refractivity contribution < 1.29 is 9.84 Å². The number of alkyl halides is 1. The van der Waals surface area contributed by atoms with E-state index in [1.807, 2.05) is 54.6 Å². The van der Waals surface area contributed by atoms with Gasteiger partial charge in [0.05, 0.1) is 12.0 Å². The molecule has 0 radical (unpaired) electrons. The van der Waals surface area contributed by atoms with E-state index in [0.29, 0.717) is 6.61 Å². The molecule has 0 aliphatic carbocycles. The molecule has 3 heteroatoms. The van der Waals surface area contributed by atoms with E-state index in [2.05, 4.69) is 0 Å². The van der Waals surface area contributed by atoms with Crippen LogP contribution in [0.4, 0.5) is 0 Å². The molecule has 0 spiro atoms. The van der Waals surface area contributed by atoms with E-state index in [4.69, 9.17) is 16.3 Å². The van der Waals surface area contributed by atoms with Gasteiger partial charge in [-0.25, -0.2) is 0 Å².